The fourth-order valence-electron chi connectivity index (χ4n) is 4.42. The first-order chi connectivity index (χ1) is 16.9. The number of nitrogens with two attached hydrogens (primary N) is 1. The van der Waals surface area contributed by atoms with Crippen LogP contribution in [0.5, 0.6) is 0 Å². The highest BCUT2D eigenvalue weighted by atomic mass is 32.1. The Hall–Kier alpha value is -3.23. The van der Waals surface area contributed by atoms with E-state index in [4.69, 9.17) is 15.5 Å². The van der Waals surface area contributed by atoms with E-state index in [1.807, 2.05) is 35.7 Å². The lowest BCUT2D eigenvalue weighted by molar-refractivity contribution is 0.0380. The number of aromatic nitrogens is 1. The summed E-state index contributed by atoms with van der Waals surface area (Å²) >= 11 is 2.60. The molecule has 1 amide bonds. The van der Waals surface area contributed by atoms with Gasteiger partial charge in [0.05, 0.1) is 11.8 Å². The summed E-state index contributed by atoms with van der Waals surface area (Å²) < 4.78 is 5.51. The predicted molar refractivity (Wildman–Crippen MR) is 144 cm³/mol. The first-order valence-corrected chi connectivity index (χ1v) is 13.5. The Morgan fingerprint density at radius 2 is 1.89 bits per heavy atom. The maximum absolute atomic E-state index is 13.4. The molecule has 1 aliphatic carbocycles. The van der Waals surface area contributed by atoms with Gasteiger partial charge in [-0.25, -0.2) is 9.78 Å². The quantitative estimate of drug-likeness (QED) is 0.233. The van der Waals surface area contributed by atoms with Crippen LogP contribution in [-0.2, 0) is 17.6 Å². The lowest BCUT2D eigenvalue weighted by atomic mass is 10.0. The summed E-state index contributed by atoms with van der Waals surface area (Å²) in [6.07, 6.45) is 5.16. The first kappa shape index (κ1) is 23.5. The number of rotatable bonds is 5. The second-order valence-electron chi connectivity index (χ2n) is 8.98. The summed E-state index contributed by atoms with van der Waals surface area (Å²) in [5.41, 5.74) is 11.2. The van der Waals surface area contributed by atoms with Crippen molar-refractivity contribution in [2.75, 3.05) is 11.1 Å². The van der Waals surface area contributed by atoms with Crippen molar-refractivity contribution in [3.8, 4) is 11.1 Å². The van der Waals surface area contributed by atoms with Gasteiger partial charge in [0.1, 0.15) is 20.3 Å². The van der Waals surface area contributed by atoms with Crippen LogP contribution in [0.15, 0.2) is 41.8 Å². The van der Waals surface area contributed by atoms with Crippen LogP contribution in [0.25, 0.3) is 21.3 Å². The molecule has 0 bridgehead atoms. The number of aryl methyl sites for hydroxylation is 2. The second kappa shape index (κ2) is 9.79. The monoisotopic (exact) mass is 505 g/mol. The van der Waals surface area contributed by atoms with Crippen molar-refractivity contribution in [3.63, 3.8) is 0 Å². The summed E-state index contributed by atoms with van der Waals surface area (Å²) in [4.78, 5) is 32.4. The molecule has 0 radical (unpaired) electrons. The minimum Gasteiger partial charge on any atom is -0.459 e. The van der Waals surface area contributed by atoms with Gasteiger partial charge in [-0.05, 0) is 56.7 Å². The molecular weight excluding hydrogens is 478 g/mol. The molecule has 3 N–H and O–H groups in total. The van der Waals surface area contributed by atoms with Crippen LogP contribution in [0.1, 0.15) is 64.4 Å². The Morgan fingerprint density at radius 1 is 1.11 bits per heavy atom. The molecule has 8 heteroatoms. The van der Waals surface area contributed by atoms with E-state index < -0.39 is 5.97 Å². The van der Waals surface area contributed by atoms with Gasteiger partial charge in [-0.15, -0.1) is 22.7 Å². The van der Waals surface area contributed by atoms with E-state index in [0.29, 0.717) is 21.1 Å². The molecule has 3 aromatic heterocycles. The number of pyridine rings is 1. The molecule has 3 heterocycles. The molecule has 35 heavy (non-hydrogen) atoms. The van der Waals surface area contributed by atoms with Crippen LogP contribution in [0.2, 0.25) is 0 Å². The fraction of sp³-hybridized carbons (Fsp3) is 0.296. The van der Waals surface area contributed by atoms with Gasteiger partial charge >= 0.3 is 5.97 Å². The minimum atomic E-state index is -0.467. The van der Waals surface area contributed by atoms with Gasteiger partial charge in [-0.1, -0.05) is 36.8 Å². The average molecular weight is 506 g/mol. The number of amides is 1. The topological polar surface area (TPSA) is 94.3 Å². The van der Waals surface area contributed by atoms with Crippen molar-refractivity contribution in [1.29, 1.82) is 0 Å². The molecule has 5 rings (SSSR count). The zero-order chi connectivity index (χ0) is 24.5. The Bertz CT molecular complexity index is 1410. The molecule has 1 aromatic carbocycles. The van der Waals surface area contributed by atoms with Crippen molar-refractivity contribution < 1.29 is 14.3 Å². The van der Waals surface area contributed by atoms with Gasteiger partial charge in [-0.2, -0.15) is 0 Å². The number of carbonyl (C=O) groups is 2. The van der Waals surface area contributed by atoms with Crippen LogP contribution in [-0.4, -0.2) is 23.0 Å². The number of benzene rings is 1. The number of nitrogens with zero attached hydrogens (tertiary/aromatic N) is 1. The largest absolute Gasteiger partial charge is 0.459 e. The molecule has 180 valence electrons. The van der Waals surface area contributed by atoms with E-state index in [1.165, 1.54) is 34.7 Å². The van der Waals surface area contributed by atoms with E-state index in [9.17, 15) is 9.59 Å². The molecular formula is C27H27N3O3S2. The highest BCUT2D eigenvalue weighted by molar-refractivity contribution is 7.21. The number of hydrogen-bond acceptors (Lipinski definition) is 7. The van der Waals surface area contributed by atoms with Gasteiger partial charge in [0.15, 0.2) is 0 Å². The van der Waals surface area contributed by atoms with Gasteiger partial charge in [-0.3, -0.25) is 4.79 Å². The molecule has 0 fully saturated rings. The Morgan fingerprint density at radius 3 is 2.66 bits per heavy atom. The van der Waals surface area contributed by atoms with Crippen molar-refractivity contribution in [2.24, 2.45) is 0 Å². The van der Waals surface area contributed by atoms with Crippen LogP contribution < -0.4 is 11.1 Å². The number of thiophene rings is 2. The summed E-state index contributed by atoms with van der Waals surface area (Å²) in [6, 6.07) is 11.7. The first-order valence-electron chi connectivity index (χ1n) is 11.8. The van der Waals surface area contributed by atoms with Crippen molar-refractivity contribution in [2.45, 2.75) is 52.1 Å². The summed E-state index contributed by atoms with van der Waals surface area (Å²) in [5.74, 6) is -0.814. The fourth-order valence-corrected chi connectivity index (χ4v) is 6.36. The normalized spacial score (nSPS) is 13.5. The van der Waals surface area contributed by atoms with E-state index in [1.54, 1.807) is 13.8 Å². The predicted octanol–water partition coefficient (Wildman–Crippen LogP) is 6.69. The maximum atomic E-state index is 13.4. The van der Waals surface area contributed by atoms with Crippen LogP contribution in [0.4, 0.5) is 10.7 Å². The lowest BCUT2D eigenvalue weighted by Gasteiger charge is -2.11. The number of ether oxygens (including phenoxy) is 1. The maximum Gasteiger partial charge on any atom is 0.342 e. The van der Waals surface area contributed by atoms with Crippen LogP contribution in [0.3, 0.4) is 0 Å². The molecule has 6 nitrogen and oxygen atoms in total. The molecule has 0 aliphatic heterocycles. The second-order valence-corrected chi connectivity index (χ2v) is 10.9. The van der Waals surface area contributed by atoms with E-state index in [2.05, 4.69) is 11.4 Å². The highest BCUT2D eigenvalue weighted by Gasteiger charge is 2.26. The van der Waals surface area contributed by atoms with Crippen molar-refractivity contribution in [1.82, 2.24) is 4.98 Å². The third-order valence-corrected chi connectivity index (χ3v) is 8.11. The number of fused-ring (bicyclic) bond motifs is 2. The number of esters is 1. The average Bonchev–Trinajstić information content (AvgIpc) is 3.30. The number of nitrogen functional groups attached to an aromatic ring is 1. The van der Waals surface area contributed by atoms with Gasteiger partial charge < -0.3 is 15.8 Å². The summed E-state index contributed by atoms with van der Waals surface area (Å²) in [5, 5.41) is 6.08. The number of nitrogens with one attached hydrogen (secondary N) is 1. The minimum absolute atomic E-state index is 0.283. The smallest absolute Gasteiger partial charge is 0.342 e. The molecule has 0 atom stereocenters. The SMILES string of the molecule is CC(C)OC(=O)c1c(-c2ccccc2)csc1NC(=O)c1sc2nc3c(cc2c1N)CCCCC3. The van der Waals surface area contributed by atoms with Gasteiger partial charge in [0.25, 0.3) is 5.91 Å². The van der Waals surface area contributed by atoms with Crippen LogP contribution >= 0.6 is 22.7 Å². The van der Waals surface area contributed by atoms with Gasteiger partial charge in [0, 0.05) is 22.0 Å². The Labute approximate surface area is 212 Å². The Balaban J connectivity index is 1.50. The number of hydrogen-bond donors (Lipinski definition) is 2. The zero-order valence-corrected chi connectivity index (χ0v) is 21.4. The van der Waals surface area contributed by atoms with Gasteiger partial charge in [0.2, 0.25) is 0 Å². The summed E-state index contributed by atoms with van der Waals surface area (Å²) in [7, 11) is 0. The van der Waals surface area contributed by atoms with E-state index in [0.717, 1.165) is 52.7 Å². The van der Waals surface area contributed by atoms with Crippen molar-refractivity contribution in [3.05, 3.63) is 63.5 Å². The van der Waals surface area contributed by atoms with Crippen LogP contribution in [0, 0.1) is 0 Å². The standard InChI is InChI=1S/C27H27N3O3S2/c1-15(2)33-27(32)21-19(16-9-5-3-6-10-16)14-34-26(21)30-24(31)23-22(28)18-13-17-11-7-4-8-12-20(17)29-25(18)35-23/h3,5-6,9-10,13-15H,4,7-8,11-12,28H2,1-2H3,(H,30,31). The molecule has 0 saturated carbocycles. The highest BCUT2D eigenvalue weighted by Crippen LogP contribution is 2.39. The summed E-state index contributed by atoms with van der Waals surface area (Å²) in [6.45, 7) is 3.61. The Kier molecular flexibility index (Phi) is 6.58. The third-order valence-electron chi connectivity index (χ3n) is 6.11. The van der Waals surface area contributed by atoms with Crippen molar-refractivity contribution >= 4 is 55.5 Å². The lowest BCUT2D eigenvalue weighted by Crippen LogP contribution is -2.16. The molecule has 1 aliphatic rings. The van der Waals surface area contributed by atoms with E-state index in [-0.39, 0.29) is 12.0 Å². The molecule has 0 unspecified atom stereocenters. The molecule has 0 saturated heterocycles. The molecule has 0 spiro atoms. The zero-order valence-electron chi connectivity index (χ0n) is 19.7. The number of carbonyl (C=O) groups excluding carboxylic acids is 2. The third kappa shape index (κ3) is 4.68. The number of anilines is 2. The molecule has 4 aromatic rings. The van der Waals surface area contributed by atoms with E-state index >= 15 is 0 Å².